The molecule has 1 unspecified atom stereocenters. The van der Waals surface area contributed by atoms with Gasteiger partial charge in [0.05, 0.1) is 12.7 Å². The highest BCUT2D eigenvalue weighted by molar-refractivity contribution is 5.39. The third kappa shape index (κ3) is 3.26. The summed E-state index contributed by atoms with van der Waals surface area (Å²) in [6, 6.07) is 6.08. The first-order valence-electron chi connectivity index (χ1n) is 7.00. The molecule has 1 aromatic carbocycles. The summed E-state index contributed by atoms with van der Waals surface area (Å²) >= 11 is 0. The van der Waals surface area contributed by atoms with Crippen LogP contribution in [0.1, 0.15) is 50.8 Å². The van der Waals surface area contributed by atoms with Gasteiger partial charge in [0.25, 0.3) is 0 Å². The molecule has 0 aromatic heterocycles. The topological polar surface area (TPSA) is 29.5 Å². The van der Waals surface area contributed by atoms with Crippen LogP contribution >= 0.6 is 0 Å². The van der Waals surface area contributed by atoms with Crippen LogP contribution in [-0.4, -0.2) is 11.7 Å². The summed E-state index contributed by atoms with van der Waals surface area (Å²) in [4.78, 5) is 0. The van der Waals surface area contributed by atoms with Crippen LogP contribution in [0.2, 0.25) is 0 Å². The fraction of sp³-hybridized carbons (Fsp3) is 0.625. The highest BCUT2D eigenvalue weighted by Crippen LogP contribution is 2.33. The molecule has 1 N–H and O–H groups in total. The lowest BCUT2D eigenvalue weighted by Gasteiger charge is -2.15. The van der Waals surface area contributed by atoms with Gasteiger partial charge in [0, 0.05) is 0 Å². The Bertz CT molecular complexity index is 398. The first kappa shape index (κ1) is 13.4. The molecule has 1 aliphatic carbocycles. The number of aliphatic hydroxyl groups excluding tert-OH is 1. The van der Waals surface area contributed by atoms with Crippen LogP contribution in [0, 0.1) is 11.8 Å². The maximum absolute atomic E-state index is 9.75. The summed E-state index contributed by atoms with van der Waals surface area (Å²) in [6.07, 6.45) is 2.75. The summed E-state index contributed by atoms with van der Waals surface area (Å²) in [6.45, 7) is 7.50. The molecule has 1 aromatic rings. The molecule has 2 atom stereocenters. The third-order valence-electron chi connectivity index (χ3n) is 3.57. The number of fused-ring (bicyclic) bond motifs is 1. The van der Waals surface area contributed by atoms with Gasteiger partial charge in [0.1, 0.15) is 5.75 Å². The molecule has 0 fully saturated rings. The van der Waals surface area contributed by atoms with Gasteiger partial charge in [-0.25, -0.2) is 0 Å². The van der Waals surface area contributed by atoms with Crippen LogP contribution in [0.25, 0.3) is 0 Å². The molecule has 0 spiro atoms. The summed E-state index contributed by atoms with van der Waals surface area (Å²) in [7, 11) is 0. The molecule has 0 heterocycles. The Hall–Kier alpha value is -1.02. The quantitative estimate of drug-likeness (QED) is 0.860. The van der Waals surface area contributed by atoms with Crippen molar-refractivity contribution in [2.45, 2.75) is 46.1 Å². The summed E-state index contributed by atoms with van der Waals surface area (Å²) in [5.41, 5.74) is 2.33. The average molecular weight is 248 g/mol. The van der Waals surface area contributed by atoms with Crippen molar-refractivity contribution in [2.24, 2.45) is 11.8 Å². The minimum atomic E-state index is -0.270. The molecule has 0 saturated carbocycles. The molecule has 0 bridgehead atoms. The van der Waals surface area contributed by atoms with Gasteiger partial charge in [-0.15, -0.1) is 0 Å². The van der Waals surface area contributed by atoms with E-state index < -0.39 is 0 Å². The van der Waals surface area contributed by atoms with Crippen LogP contribution in [0.15, 0.2) is 18.2 Å². The summed E-state index contributed by atoms with van der Waals surface area (Å²) in [5, 5.41) is 9.75. The molecule has 2 nitrogen and oxygen atoms in total. The number of rotatable bonds is 5. The van der Waals surface area contributed by atoms with Crippen LogP contribution in [0.5, 0.6) is 5.75 Å². The fourth-order valence-corrected chi connectivity index (χ4v) is 2.77. The standard InChI is InChI=1S/C16H24O2/c1-11(2)8-12(3)10-18-14-5-6-15-13(9-14)4-7-16(15)17/h5-6,9,11-12,16-17H,4,7-8,10H2,1-3H3/t12?,16-/m0/s1. The maximum Gasteiger partial charge on any atom is 0.119 e. The minimum absolute atomic E-state index is 0.270. The van der Waals surface area contributed by atoms with Crippen molar-refractivity contribution in [2.75, 3.05) is 6.61 Å². The van der Waals surface area contributed by atoms with Gasteiger partial charge in [-0.05, 0) is 54.4 Å². The first-order chi connectivity index (χ1) is 8.56. The molecule has 2 heteroatoms. The highest BCUT2D eigenvalue weighted by Gasteiger charge is 2.20. The Morgan fingerprint density at radius 1 is 1.33 bits per heavy atom. The largest absolute Gasteiger partial charge is 0.493 e. The Morgan fingerprint density at radius 2 is 2.11 bits per heavy atom. The molecule has 0 aliphatic heterocycles. The Balaban J connectivity index is 1.91. The van der Waals surface area contributed by atoms with Crippen LogP contribution in [0.3, 0.4) is 0 Å². The van der Waals surface area contributed by atoms with Gasteiger partial charge in [0.2, 0.25) is 0 Å². The van der Waals surface area contributed by atoms with Crippen molar-refractivity contribution in [1.82, 2.24) is 0 Å². The molecule has 2 rings (SSSR count). The second-order valence-corrected chi connectivity index (χ2v) is 5.96. The Kier molecular flexibility index (Phi) is 4.28. The van der Waals surface area contributed by atoms with Gasteiger partial charge >= 0.3 is 0 Å². The van der Waals surface area contributed by atoms with Gasteiger partial charge in [-0.1, -0.05) is 26.8 Å². The number of ether oxygens (including phenoxy) is 1. The molecular weight excluding hydrogens is 224 g/mol. The average Bonchev–Trinajstić information content (AvgIpc) is 2.67. The first-order valence-corrected chi connectivity index (χ1v) is 7.00. The van der Waals surface area contributed by atoms with E-state index in [9.17, 15) is 5.11 Å². The van der Waals surface area contributed by atoms with Crippen LogP contribution in [-0.2, 0) is 6.42 Å². The molecule has 0 radical (unpaired) electrons. The van der Waals surface area contributed by atoms with Gasteiger partial charge in [-0.3, -0.25) is 0 Å². The van der Waals surface area contributed by atoms with Crippen molar-refractivity contribution in [1.29, 1.82) is 0 Å². The predicted octanol–water partition coefficient (Wildman–Crippen LogP) is 3.73. The van der Waals surface area contributed by atoms with Gasteiger partial charge in [0.15, 0.2) is 0 Å². The normalized spacial score (nSPS) is 19.9. The Labute approximate surface area is 110 Å². The molecule has 18 heavy (non-hydrogen) atoms. The van der Waals surface area contributed by atoms with E-state index in [0.717, 1.165) is 36.7 Å². The number of benzene rings is 1. The van der Waals surface area contributed by atoms with E-state index >= 15 is 0 Å². The monoisotopic (exact) mass is 248 g/mol. The van der Waals surface area contributed by atoms with E-state index in [4.69, 9.17) is 4.74 Å². The van der Waals surface area contributed by atoms with Crippen molar-refractivity contribution in [3.05, 3.63) is 29.3 Å². The predicted molar refractivity (Wildman–Crippen MR) is 73.8 cm³/mol. The SMILES string of the molecule is CC(C)CC(C)COc1ccc2c(c1)CC[C@@H]2O. The zero-order valence-electron chi connectivity index (χ0n) is 11.6. The summed E-state index contributed by atoms with van der Waals surface area (Å²) < 4.78 is 5.85. The van der Waals surface area contributed by atoms with Crippen molar-refractivity contribution in [3.8, 4) is 5.75 Å². The lowest BCUT2D eigenvalue weighted by atomic mass is 10.00. The number of hydrogen-bond donors (Lipinski definition) is 1. The van der Waals surface area contributed by atoms with Gasteiger partial charge < -0.3 is 9.84 Å². The molecule has 1 aliphatic rings. The highest BCUT2D eigenvalue weighted by atomic mass is 16.5. The zero-order valence-corrected chi connectivity index (χ0v) is 11.6. The zero-order chi connectivity index (χ0) is 13.1. The van der Waals surface area contributed by atoms with Crippen molar-refractivity contribution >= 4 is 0 Å². The van der Waals surface area contributed by atoms with Crippen molar-refractivity contribution in [3.63, 3.8) is 0 Å². The molecule has 100 valence electrons. The second-order valence-electron chi connectivity index (χ2n) is 5.96. The van der Waals surface area contributed by atoms with E-state index in [0.29, 0.717) is 5.92 Å². The molecule has 0 saturated heterocycles. The van der Waals surface area contributed by atoms with E-state index in [2.05, 4.69) is 26.8 Å². The second kappa shape index (κ2) is 5.75. The molecule has 0 amide bonds. The van der Waals surface area contributed by atoms with Crippen LogP contribution in [0.4, 0.5) is 0 Å². The smallest absolute Gasteiger partial charge is 0.119 e. The maximum atomic E-state index is 9.75. The number of hydrogen-bond acceptors (Lipinski definition) is 2. The van der Waals surface area contributed by atoms with E-state index in [1.165, 1.54) is 12.0 Å². The lowest BCUT2D eigenvalue weighted by molar-refractivity contribution is 0.180. The lowest BCUT2D eigenvalue weighted by Crippen LogP contribution is -2.11. The minimum Gasteiger partial charge on any atom is -0.493 e. The van der Waals surface area contributed by atoms with E-state index in [1.54, 1.807) is 0 Å². The van der Waals surface area contributed by atoms with E-state index in [1.807, 2.05) is 12.1 Å². The van der Waals surface area contributed by atoms with Gasteiger partial charge in [-0.2, -0.15) is 0 Å². The van der Waals surface area contributed by atoms with Crippen LogP contribution < -0.4 is 4.74 Å². The summed E-state index contributed by atoms with van der Waals surface area (Å²) in [5.74, 6) is 2.25. The third-order valence-corrected chi connectivity index (χ3v) is 3.57. The Morgan fingerprint density at radius 3 is 2.83 bits per heavy atom. The van der Waals surface area contributed by atoms with Crippen molar-refractivity contribution < 1.29 is 9.84 Å². The number of aliphatic hydroxyl groups is 1. The molecular formula is C16H24O2. The fourth-order valence-electron chi connectivity index (χ4n) is 2.77. The van der Waals surface area contributed by atoms with E-state index in [-0.39, 0.29) is 6.10 Å². The number of aryl methyl sites for hydroxylation is 1.